The Morgan fingerprint density at radius 1 is 0.575 bits per heavy atom. The first kappa shape index (κ1) is 29.7. The Balaban J connectivity index is 0.000000163. The normalized spacial score (nSPS) is 11.0. The Hall–Kier alpha value is -4.81. The zero-order chi connectivity index (χ0) is 28.3. The number of nitrogen functional groups attached to an aromatic ring is 3. The van der Waals surface area contributed by atoms with Crippen LogP contribution in [0.25, 0.3) is 33.4 Å². The fraction of sp³-hybridized carbons (Fsp3) is 0.370. The van der Waals surface area contributed by atoms with Crippen LogP contribution >= 0.6 is 0 Å². The summed E-state index contributed by atoms with van der Waals surface area (Å²) in [7, 11) is 0. The summed E-state index contributed by atoms with van der Waals surface area (Å²) >= 11 is 0. The minimum absolute atomic E-state index is 0. The molecule has 0 unspecified atom stereocenters. The summed E-state index contributed by atoms with van der Waals surface area (Å²) in [5, 5.41) is 16.9. The molecule has 0 aliphatic carbocycles. The van der Waals surface area contributed by atoms with Gasteiger partial charge in [-0.2, -0.15) is 0 Å². The molecular formula is C27H39N13. The van der Waals surface area contributed by atoms with Gasteiger partial charge in [0.1, 0.15) is 5.65 Å². The number of rotatable bonds is 3. The molecule has 0 aromatic carbocycles. The predicted molar refractivity (Wildman–Crippen MR) is 162 cm³/mol. The molecule has 0 spiro atoms. The van der Waals surface area contributed by atoms with Crippen molar-refractivity contribution in [2.75, 3.05) is 17.2 Å². The highest BCUT2D eigenvalue weighted by molar-refractivity contribution is 5.88. The average Bonchev–Trinajstić information content (AvgIpc) is 3.63. The quantitative estimate of drug-likeness (QED) is 0.279. The minimum Gasteiger partial charge on any atom is -0.398 e. The summed E-state index contributed by atoms with van der Waals surface area (Å²) in [6.45, 7) is 12.4. The van der Waals surface area contributed by atoms with E-state index in [0.29, 0.717) is 28.5 Å². The molecule has 212 valence electrons. The fourth-order valence-corrected chi connectivity index (χ4v) is 3.92. The Kier molecular flexibility index (Phi) is 9.19. The summed E-state index contributed by atoms with van der Waals surface area (Å²) < 4.78 is 5.63. The summed E-state index contributed by atoms with van der Waals surface area (Å²) in [6.07, 6.45) is 7.11. The molecule has 0 radical (unpaired) electrons. The van der Waals surface area contributed by atoms with Crippen molar-refractivity contribution in [2.24, 2.45) is 0 Å². The van der Waals surface area contributed by atoms with Gasteiger partial charge in [-0.15, -0.1) is 10.2 Å². The highest BCUT2D eigenvalue weighted by Gasteiger charge is 2.11. The average molecular weight is 546 g/mol. The van der Waals surface area contributed by atoms with Crippen LogP contribution in [0.4, 0.5) is 17.1 Å². The molecule has 0 saturated carbocycles. The van der Waals surface area contributed by atoms with Gasteiger partial charge in [0, 0.05) is 41.9 Å². The van der Waals surface area contributed by atoms with Crippen molar-refractivity contribution < 1.29 is 0 Å². The van der Waals surface area contributed by atoms with E-state index in [1.165, 1.54) is 0 Å². The van der Waals surface area contributed by atoms with Gasteiger partial charge in [0.25, 0.3) is 0 Å². The van der Waals surface area contributed by atoms with Crippen molar-refractivity contribution in [3.05, 3.63) is 49.1 Å². The van der Waals surface area contributed by atoms with Gasteiger partial charge < -0.3 is 21.8 Å². The van der Waals surface area contributed by atoms with E-state index in [-0.39, 0.29) is 19.5 Å². The Labute approximate surface area is 233 Å². The van der Waals surface area contributed by atoms with E-state index in [4.69, 9.17) is 17.2 Å². The zero-order valence-electron chi connectivity index (χ0n) is 23.1. The topological polar surface area (TPSA) is 183 Å². The van der Waals surface area contributed by atoms with Crippen LogP contribution in [0.2, 0.25) is 0 Å². The van der Waals surface area contributed by atoms with E-state index in [1.807, 2.05) is 46.0 Å². The molecule has 0 aliphatic heterocycles. The molecule has 40 heavy (non-hydrogen) atoms. The lowest BCUT2D eigenvalue weighted by molar-refractivity contribution is 0.526. The number of fused-ring (bicyclic) bond motifs is 3. The molecule has 6 rings (SSSR count). The van der Waals surface area contributed by atoms with Crippen molar-refractivity contribution in [3.63, 3.8) is 0 Å². The maximum atomic E-state index is 5.82. The molecule has 0 saturated heterocycles. The van der Waals surface area contributed by atoms with Crippen molar-refractivity contribution >= 4 is 50.4 Å². The van der Waals surface area contributed by atoms with E-state index in [0.717, 1.165) is 28.0 Å². The molecule has 0 aliphatic rings. The lowest BCUT2D eigenvalue weighted by Crippen LogP contribution is -2.03. The largest absolute Gasteiger partial charge is 0.398 e. The van der Waals surface area contributed by atoms with Crippen LogP contribution in [-0.2, 0) is 0 Å². The summed E-state index contributed by atoms with van der Waals surface area (Å²) in [6, 6.07) is 8.21. The number of aromatic nitrogens is 10. The molecule has 13 heteroatoms. The minimum atomic E-state index is 0. The standard InChI is InChI=1S/C10H13N3.2C8H11N5.CH4/c1-7(2)13-6-4-8-9(11)3-5-12-10(8)13;2*1-5(2)13-8-7(11-12-13)6(9)3-4-10-8;/h3-7H,1-2H3,(H2,11,12);2*3-5H,1-2H3,(H2,9,10);1H4. The molecule has 0 atom stereocenters. The first-order chi connectivity index (χ1) is 18.6. The van der Waals surface area contributed by atoms with E-state index >= 15 is 0 Å². The maximum Gasteiger partial charge on any atom is 0.180 e. The van der Waals surface area contributed by atoms with Crippen molar-refractivity contribution in [2.45, 2.75) is 67.1 Å². The van der Waals surface area contributed by atoms with E-state index < -0.39 is 0 Å². The van der Waals surface area contributed by atoms with Gasteiger partial charge in [-0.3, -0.25) is 0 Å². The zero-order valence-corrected chi connectivity index (χ0v) is 23.1. The Bertz CT molecular complexity index is 1490. The third-order valence-electron chi connectivity index (χ3n) is 5.97. The first-order valence-electron chi connectivity index (χ1n) is 12.7. The summed E-state index contributed by atoms with van der Waals surface area (Å²) in [5.41, 5.74) is 23.1. The molecule has 0 amide bonds. The lowest BCUT2D eigenvalue weighted by atomic mass is 10.3. The number of hydrogen-bond acceptors (Lipinski definition) is 10. The molecule has 6 aromatic rings. The summed E-state index contributed by atoms with van der Waals surface area (Å²) in [4.78, 5) is 12.7. The molecule has 6 heterocycles. The fourth-order valence-electron chi connectivity index (χ4n) is 3.92. The van der Waals surface area contributed by atoms with Gasteiger partial charge in [0.15, 0.2) is 22.3 Å². The molecule has 0 fully saturated rings. The molecule has 6 N–H and O–H groups in total. The Morgan fingerprint density at radius 2 is 1.00 bits per heavy atom. The number of nitrogens with two attached hydrogens (primary N) is 3. The van der Waals surface area contributed by atoms with Gasteiger partial charge in [0.05, 0.1) is 23.5 Å². The molecule has 0 bridgehead atoms. The Morgan fingerprint density at radius 3 is 1.43 bits per heavy atom. The predicted octanol–water partition coefficient (Wildman–Crippen LogP) is 4.81. The highest BCUT2D eigenvalue weighted by Crippen LogP contribution is 2.22. The van der Waals surface area contributed by atoms with Gasteiger partial charge in [-0.1, -0.05) is 17.9 Å². The number of anilines is 3. The van der Waals surface area contributed by atoms with Crippen LogP contribution in [0, 0.1) is 0 Å². The van der Waals surface area contributed by atoms with E-state index in [1.54, 1.807) is 40.1 Å². The highest BCUT2D eigenvalue weighted by atomic mass is 15.5. The molecule has 6 aromatic heterocycles. The first-order valence-corrected chi connectivity index (χ1v) is 12.7. The molecule has 13 nitrogen and oxygen atoms in total. The van der Waals surface area contributed by atoms with Crippen LogP contribution in [0.3, 0.4) is 0 Å². The monoisotopic (exact) mass is 545 g/mol. The van der Waals surface area contributed by atoms with Crippen LogP contribution in [-0.4, -0.2) is 49.5 Å². The second kappa shape index (κ2) is 12.4. The van der Waals surface area contributed by atoms with Crippen LogP contribution in [0.15, 0.2) is 49.1 Å². The van der Waals surface area contributed by atoms with Crippen LogP contribution in [0.5, 0.6) is 0 Å². The number of pyridine rings is 3. The second-order valence-corrected chi connectivity index (χ2v) is 9.85. The maximum absolute atomic E-state index is 5.82. The van der Waals surface area contributed by atoms with Crippen molar-refractivity contribution in [1.82, 2.24) is 49.5 Å². The lowest BCUT2D eigenvalue weighted by Gasteiger charge is -2.07. The van der Waals surface area contributed by atoms with E-state index in [2.05, 4.69) is 54.0 Å². The molecular weight excluding hydrogens is 506 g/mol. The summed E-state index contributed by atoms with van der Waals surface area (Å²) in [5.74, 6) is 0. The van der Waals surface area contributed by atoms with Crippen molar-refractivity contribution in [1.29, 1.82) is 0 Å². The van der Waals surface area contributed by atoms with Crippen LogP contribution in [0.1, 0.15) is 67.1 Å². The number of hydrogen-bond donors (Lipinski definition) is 3. The van der Waals surface area contributed by atoms with Crippen LogP contribution < -0.4 is 17.2 Å². The van der Waals surface area contributed by atoms with E-state index in [9.17, 15) is 0 Å². The number of nitrogens with zero attached hydrogens (tertiary/aromatic N) is 10. The second-order valence-electron chi connectivity index (χ2n) is 9.85. The third-order valence-corrected chi connectivity index (χ3v) is 5.97. The van der Waals surface area contributed by atoms with Gasteiger partial charge >= 0.3 is 0 Å². The van der Waals surface area contributed by atoms with Gasteiger partial charge in [-0.05, 0) is 65.8 Å². The SMILES string of the molecule is C.CC(C)n1ccc2c(N)ccnc21.CC(C)n1nnc2c(N)ccnc21.CC(C)n1nnc2c(N)ccnc21. The van der Waals surface area contributed by atoms with Crippen molar-refractivity contribution in [3.8, 4) is 0 Å². The van der Waals surface area contributed by atoms with Gasteiger partial charge in [0.2, 0.25) is 0 Å². The van der Waals surface area contributed by atoms with Gasteiger partial charge in [-0.25, -0.2) is 24.3 Å². The third kappa shape index (κ3) is 5.92. The smallest absolute Gasteiger partial charge is 0.180 e.